The van der Waals surface area contributed by atoms with Crippen LogP contribution in [0.15, 0.2) is 48.5 Å². The summed E-state index contributed by atoms with van der Waals surface area (Å²) in [6, 6.07) is 12.3. The van der Waals surface area contributed by atoms with E-state index in [2.05, 4.69) is 5.32 Å². The van der Waals surface area contributed by atoms with Crippen molar-refractivity contribution in [1.29, 1.82) is 0 Å². The van der Waals surface area contributed by atoms with Gasteiger partial charge in [0.2, 0.25) is 5.91 Å². The summed E-state index contributed by atoms with van der Waals surface area (Å²) in [5.41, 5.74) is 0.905. The van der Waals surface area contributed by atoms with E-state index in [0.717, 1.165) is 0 Å². The number of nitrogens with one attached hydrogen (secondary N) is 1. The molecule has 2 aromatic rings. The van der Waals surface area contributed by atoms with Crippen LogP contribution < -0.4 is 10.2 Å². The Morgan fingerprint density at radius 2 is 1.83 bits per heavy atom. The highest BCUT2D eigenvalue weighted by Gasteiger charge is 2.28. The fourth-order valence-corrected chi connectivity index (χ4v) is 2.97. The van der Waals surface area contributed by atoms with Crippen molar-refractivity contribution in [2.45, 2.75) is 13.3 Å². The van der Waals surface area contributed by atoms with Crippen molar-refractivity contribution in [2.24, 2.45) is 5.92 Å². The van der Waals surface area contributed by atoms with Gasteiger partial charge in [0.1, 0.15) is 12.4 Å². The second-order valence-corrected chi connectivity index (χ2v) is 6.66. The van der Waals surface area contributed by atoms with Crippen LogP contribution in [-0.4, -0.2) is 36.7 Å². The Morgan fingerprint density at radius 1 is 1.14 bits per heavy atom. The maximum absolute atomic E-state index is 13.7. The van der Waals surface area contributed by atoms with E-state index in [0.29, 0.717) is 11.4 Å². The third kappa shape index (κ3) is 4.66. The Balaban J connectivity index is 1.58. The molecule has 150 valence electrons. The molecule has 1 aliphatic rings. The summed E-state index contributed by atoms with van der Waals surface area (Å²) in [7, 11) is 0. The number of carbonyl (C=O) groups excluding carboxylic acids is 4. The number of halogens is 1. The Morgan fingerprint density at radius 3 is 2.59 bits per heavy atom. The van der Waals surface area contributed by atoms with Crippen molar-refractivity contribution in [1.82, 2.24) is 0 Å². The lowest BCUT2D eigenvalue weighted by Crippen LogP contribution is -2.44. The average Bonchev–Trinajstić information content (AvgIpc) is 2.71. The number of para-hydroxylation sites is 2. The van der Waals surface area contributed by atoms with Gasteiger partial charge in [-0.1, -0.05) is 31.2 Å². The first kappa shape index (κ1) is 20.2. The Hall–Kier alpha value is -3.55. The van der Waals surface area contributed by atoms with Gasteiger partial charge < -0.3 is 10.1 Å². The number of ether oxygens (including phenoxy) is 1. The number of fused-ring (bicyclic) bond motifs is 1. The summed E-state index contributed by atoms with van der Waals surface area (Å²) >= 11 is 0. The second kappa shape index (κ2) is 8.64. The van der Waals surface area contributed by atoms with Crippen LogP contribution in [0.3, 0.4) is 0 Å². The van der Waals surface area contributed by atoms with Gasteiger partial charge in [0, 0.05) is 6.42 Å². The molecule has 2 amide bonds. The average molecular weight is 398 g/mol. The first-order valence-corrected chi connectivity index (χ1v) is 9.00. The molecule has 0 fully saturated rings. The summed E-state index contributed by atoms with van der Waals surface area (Å²) in [4.78, 5) is 49.8. The predicted octanol–water partition coefficient (Wildman–Crippen LogP) is 2.56. The molecular formula is C21H19FN2O5. The molecule has 2 aromatic carbocycles. The Labute approximate surface area is 166 Å². The Kier molecular flexibility index (Phi) is 6.01. The smallest absolute Gasteiger partial charge is 0.309 e. The zero-order valence-electron chi connectivity index (χ0n) is 15.7. The fourth-order valence-electron chi connectivity index (χ4n) is 2.97. The third-order valence-corrected chi connectivity index (χ3v) is 4.48. The SMILES string of the molecule is C[C@H](CC(=O)c1ccccc1F)C(=O)OCC(=O)N1CC(=O)Nc2ccccc21. The zero-order valence-corrected chi connectivity index (χ0v) is 15.7. The lowest BCUT2D eigenvalue weighted by atomic mass is 9.99. The molecule has 7 nitrogen and oxygen atoms in total. The van der Waals surface area contributed by atoms with E-state index in [-0.39, 0.29) is 24.4 Å². The molecule has 1 aliphatic heterocycles. The number of amides is 2. The number of anilines is 2. The lowest BCUT2D eigenvalue weighted by Gasteiger charge is -2.29. The van der Waals surface area contributed by atoms with Crippen LogP contribution in [0.25, 0.3) is 0 Å². The topological polar surface area (TPSA) is 92.8 Å². The van der Waals surface area contributed by atoms with E-state index >= 15 is 0 Å². The van der Waals surface area contributed by atoms with Crippen molar-refractivity contribution < 1.29 is 28.3 Å². The summed E-state index contributed by atoms with van der Waals surface area (Å²) in [5, 5.41) is 2.66. The van der Waals surface area contributed by atoms with E-state index in [4.69, 9.17) is 4.74 Å². The monoisotopic (exact) mass is 398 g/mol. The molecule has 1 N–H and O–H groups in total. The molecular weight excluding hydrogens is 379 g/mol. The van der Waals surface area contributed by atoms with Gasteiger partial charge in [-0.15, -0.1) is 0 Å². The van der Waals surface area contributed by atoms with E-state index in [9.17, 15) is 23.6 Å². The third-order valence-electron chi connectivity index (χ3n) is 4.48. The van der Waals surface area contributed by atoms with Crippen molar-refractivity contribution in [2.75, 3.05) is 23.4 Å². The van der Waals surface area contributed by atoms with E-state index in [1.807, 2.05) is 0 Å². The number of benzene rings is 2. The summed E-state index contributed by atoms with van der Waals surface area (Å²) in [6.45, 7) is 0.711. The van der Waals surface area contributed by atoms with Crippen LogP contribution in [0.1, 0.15) is 23.7 Å². The standard InChI is InChI=1S/C21H19FN2O5/c1-13(10-18(25)14-6-2-3-7-15(14)22)21(28)29-12-20(27)24-11-19(26)23-16-8-4-5-9-17(16)24/h2-9,13H,10-12H2,1H3,(H,23,26)/t13-/m1/s1. The molecule has 0 unspecified atom stereocenters. The normalized spacial score (nSPS) is 13.9. The summed E-state index contributed by atoms with van der Waals surface area (Å²) < 4.78 is 18.7. The first-order chi connectivity index (χ1) is 13.9. The van der Waals surface area contributed by atoms with Gasteiger partial charge in [-0.3, -0.25) is 24.1 Å². The van der Waals surface area contributed by atoms with E-state index in [1.165, 1.54) is 36.1 Å². The largest absolute Gasteiger partial charge is 0.455 e. The van der Waals surface area contributed by atoms with Gasteiger partial charge >= 0.3 is 5.97 Å². The van der Waals surface area contributed by atoms with Gasteiger partial charge in [0.25, 0.3) is 5.91 Å². The number of rotatable bonds is 6. The molecule has 0 saturated heterocycles. The van der Waals surface area contributed by atoms with Gasteiger partial charge in [-0.2, -0.15) is 0 Å². The molecule has 0 aliphatic carbocycles. The minimum atomic E-state index is -0.855. The quantitative estimate of drug-likeness (QED) is 0.596. The van der Waals surface area contributed by atoms with Crippen LogP contribution >= 0.6 is 0 Å². The van der Waals surface area contributed by atoms with Gasteiger partial charge in [-0.25, -0.2) is 4.39 Å². The van der Waals surface area contributed by atoms with Gasteiger partial charge in [0.05, 0.1) is 22.9 Å². The van der Waals surface area contributed by atoms with Crippen LogP contribution in [0.2, 0.25) is 0 Å². The molecule has 8 heteroatoms. The van der Waals surface area contributed by atoms with E-state index < -0.39 is 36.0 Å². The van der Waals surface area contributed by atoms with Crippen molar-refractivity contribution in [3.05, 3.63) is 59.9 Å². The van der Waals surface area contributed by atoms with Crippen LogP contribution in [0, 0.1) is 11.7 Å². The molecule has 0 radical (unpaired) electrons. The minimum absolute atomic E-state index is 0.0980. The molecule has 1 heterocycles. The number of hydrogen-bond acceptors (Lipinski definition) is 5. The molecule has 0 aromatic heterocycles. The van der Waals surface area contributed by atoms with E-state index in [1.54, 1.807) is 24.3 Å². The highest BCUT2D eigenvalue weighted by atomic mass is 19.1. The molecule has 0 saturated carbocycles. The lowest BCUT2D eigenvalue weighted by molar-refractivity contribution is -0.151. The highest BCUT2D eigenvalue weighted by molar-refractivity contribution is 6.10. The van der Waals surface area contributed by atoms with Gasteiger partial charge in [-0.05, 0) is 24.3 Å². The van der Waals surface area contributed by atoms with Crippen LogP contribution in [0.4, 0.5) is 15.8 Å². The van der Waals surface area contributed by atoms with Crippen LogP contribution in [0.5, 0.6) is 0 Å². The molecule has 29 heavy (non-hydrogen) atoms. The summed E-state index contributed by atoms with van der Waals surface area (Å²) in [6.07, 6.45) is -0.247. The van der Waals surface area contributed by atoms with Crippen LogP contribution in [-0.2, 0) is 19.1 Å². The molecule has 0 spiro atoms. The predicted molar refractivity (Wildman–Crippen MR) is 103 cm³/mol. The number of ketones is 1. The maximum Gasteiger partial charge on any atom is 0.309 e. The highest BCUT2D eigenvalue weighted by Crippen LogP contribution is 2.28. The van der Waals surface area contributed by atoms with Gasteiger partial charge in [0.15, 0.2) is 12.4 Å². The number of carbonyl (C=O) groups is 4. The molecule has 3 rings (SSSR count). The Bertz CT molecular complexity index is 975. The molecule has 1 atom stereocenters. The van der Waals surface area contributed by atoms with Crippen molar-refractivity contribution in [3.63, 3.8) is 0 Å². The minimum Gasteiger partial charge on any atom is -0.455 e. The molecule has 0 bridgehead atoms. The maximum atomic E-state index is 13.7. The van der Waals surface area contributed by atoms with Crippen molar-refractivity contribution >= 4 is 34.9 Å². The second-order valence-electron chi connectivity index (χ2n) is 6.66. The zero-order chi connectivity index (χ0) is 21.0. The first-order valence-electron chi connectivity index (χ1n) is 9.00. The summed E-state index contributed by atoms with van der Waals surface area (Å²) in [5.74, 6) is -3.71. The fraction of sp³-hybridized carbons (Fsp3) is 0.238. The number of esters is 1. The van der Waals surface area contributed by atoms with Crippen molar-refractivity contribution in [3.8, 4) is 0 Å². The number of Topliss-reactive ketones (excluding diaryl/α,β-unsaturated/α-hetero) is 1. The number of nitrogens with zero attached hydrogens (tertiary/aromatic N) is 1. The number of hydrogen-bond donors (Lipinski definition) is 1.